The van der Waals surface area contributed by atoms with Gasteiger partial charge in [0.25, 0.3) is 0 Å². The van der Waals surface area contributed by atoms with Gasteiger partial charge in [-0.3, -0.25) is 0 Å². The van der Waals surface area contributed by atoms with Gasteiger partial charge in [-0.05, 0) is 35.9 Å². The summed E-state index contributed by atoms with van der Waals surface area (Å²) in [5, 5.41) is 8.96. The van der Waals surface area contributed by atoms with E-state index in [1.165, 1.54) is 12.1 Å². The zero-order valence-corrected chi connectivity index (χ0v) is 12.1. The first-order chi connectivity index (χ1) is 11.2. The van der Waals surface area contributed by atoms with E-state index in [1.54, 1.807) is 48.5 Å². The van der Waals surface area contributed by atoms with Crippen LogP contribution in [0, 0.1) is 23.0 Å². The highest BCUT2D eigenvalue weighted by Crippen LogP contribution is 2.29. The van der Waals surface area contributed by atoms with Crippen molar-refractivity contribution in [1.29, 1.82) is 5.26 Å². The van der Waals surface area contributed by atoms with Crippen LogP contribution in [-0.4, -0.2) is 4.98 Å². The zero-order valence-electron chi connectivity index (χ0n) is 12.1. The maximum atomic E-state index is 14.1. The summed E-state index contributed by atoms with van der Waals surface area (Å²) in [5.41, 5.74) is 2.02. The fourth-order valence-electron chi connectivity index (χ4n) is 2.42. The van der Waals surface area contributed by atoms with Gasteiger partial charge in [0, 0.05) is 11.1 Å². The zero-order chi connectivity index (χ0) is 16.2. The van der Waals surface area contributed by atoms with Gasteiger partial charge in [-0.1, -0.05) is 30.3 Å². The number of aromatic nitrogens is 1. The molecule has 0 aliphatic rings. The van der Waals surface area contributed by atoms with Gasteiger partial charge in [0.2, 0.25) is 0 Å². The van der Waals surface area contributed by atoms with E-state index >= 15 is 0 Å². The second-order valence-electron chi connectivity index (χ2n) is 5.00. The van der Waals surface area contributed by atoms with Crippen molar-refractivity contribution in [2.75, 3.05) is 0 Å². The largest absolute Gasteiger partial charge is 0.247 e. The number of hydrogen-bond acceptors (Lipinski definition) is 2. The smallest absolute Gasteiger partial charge is 0.132 e. The molecule has 3 aromatic rings. The number of halogens is 2. The Bertz CT molecular complexity index is 898. The van der Waals surface area contributed by atoms with E-state index < -0.39 is 11.6 Å². The van der Waals surface area contributed by atoms with E-state index in [1.807, 2.05) is 6.07 Å². The lowest BCUT2D eigenvalue weighted by Crippen LogP contribution is -1.98. The van der Waals surface area contributed by atoms with Crippen LogP contribution < -0.4 is 0 Å². The number of pyridine rings is 1. The Morgan fingerprint density at radius 1 is 0.826 bits per heavy atom. The van der Waals surface area contributed by atoms with Gasteiger partial charge in [-0.2, -0.15) is 5.26 Å². The highest BCUT2D eigenvalue weighted by molar-refractivity contribution is 5.69. The van der Waals surface area contributed by atoms with Crippen LogP contribution in [0.3, 0.4) is 0 Å². The second-order valence-corrected chi connectivity index (χ2v) is 5.00. The van der Waals surface area contributed by atoms with Crippen LogP contribution in [0.5, 0.6) is 0 Å². The van der Waals surface area contributed by atoms with Gasteiger partial charge in [0.15, 0.2) is 0 Å². The predicted octanol–water partition coefficient (Wildman–Crippen LogP) is 4.76. The summed E-state index contributed by atoms with van der Waals surface area (Å²) in [6.45, 7) is 0. The van der Waals surface area contributed by atoms with Crippen LogP contribution >= 0.6 is 0 Å². The molecule has 0 saturated carbocycles. The molecule has 0 amide bonds. The fourth-order valence-corrected chi connectivity index (χ4v) is 2.42. The molecule has 0 saturated heterocycles. The molecule has 0 N–H and O–H groups in total. The van der Waals surface area contributed by atoms with E-state index in [4.69, 9.17) is 5.26 Å². The molecule has 0 aliphatic carbocycles. The van der Waals surface area contributed by atoms with Crippen molar-refractivity contribution in [3.8, 4) is 28.6 Å². The summed E-state index contributed by atoms with van der Waals surface area (Å²) in [5.74, 6) is -0.822. The molecule has 0 aliphatic heterocycles. The van der Waals surface area contributed by atoms with Crippen LogP contribution in [0.4, 0.5) is 8.78 Å². The van der Waals surface area contributed by atoms with E-state index in [9.17, 15) is 8.78 Å². The summed E-state index contributed by atoms with van der Waals surface area (Å²) in [7, 11) is 0. The highest BCUT2D eigenvalue weighted by atomic mass is 19.1. The van der Waals surface area contributed by atoms with E-state index in [0.29, 0.717) is 28.1 Å². The monoisotopic (exact) mass is 306 g/mol. The molecule has 0 bridgehead atoms. The van der Waals surface area contributed by atoms with Crippen molar-refractivity contribution in [1.82, 2.24) is 4.98 Å². The van der Waals surface area contributed by atoms with Crippen molar-refractivity contribution in [2.45, 2.75) is 6.42 Å². The standard InChI is InChI=1S/C19H12F2N2/c20-16-7-3-1-5-14(16)18-10-9-13(11-12-22)19(23-18)15-6-2-4-8-17(15)21/h1-10H,11H2. The Hall–Kier alpha value is -3.06. The van der Waals surface area contributed by atoms with Gasteiger partial charge in [-0.25, -0.2) is 13.8 Å². The van der Waals surface area contributed by atoms with Crippen molar-refractivity contribution in [3.05, 3.63) is 77.9 Å². The Kier molecular flexibility index (Phi) is 4.11. The van der Waals surface area contributed by atoms with E-state index in [-0.39, 0.29) is 6.42 Å². The number of benzene rings is 2. The molecule has 2 nitrogen and oxygen atoms in total. The molecule has 4 heteroatoms. The predicted molar refractivity (Wildman–Crippen MR) is 84.3 cm³/mol. The Morgan fingerprint density at radius 2 is 1.43 bits per heavy atom. The number of nitrogens with zero attached hydrogens (tertiary/aromatic N) is 2. The van der Waals surface area contributed by atoms with Gasteiger partial charge in [-0.15, -0.1) is 0 Å². The fraction of sp³-hybridized carbons (Fsp3) is 0.0526. The molecule has 0 atom stereocenters. The summed E-state index contributed by atoms with van der Waals surface area (Å²) in [6.07, 6.45) is 0.105. The van der Waals surface area contributed by atoms with Crippen LogP contribution in [0.25, 0.3) is 22.5 Å². The van der Waals surface area contributed by atoms with Crippen LogP contribution in [0.2, 0.25) is 0 Å². The minimum Gasteiger partial charge on any atom is -0.247 e. The molecule has 0 radical (unpaired) electrons. The average Bonchev–Trinajstić information content (AvgIpc) is 2.57. The molecule has 112 valence electrons. The quantitative estimate of drug-likeness (QED) is 0.699. The number of hydrogen-bond donors (Lipinski definition) is 0. The highest BCUT2D eigenvalue weighted by Gasteiger charge is 2.14. The minimum atomic E-state index is -0.426. The molecule has 0 unspecified atom stereocenters. The molecule has 1 aromatic heterocycles. The van der Waals surface area contributed by atoms with Crippen molar-refractivity contribution in [2.24, 2.45) is 0 Å². The molecule has 0 fully saturated rings. The van der Waals surface area contributed by atoms with Crippen molar-refractivity contribution >= 4 is 0 Å². The van der Waals surface area contributed by atoms with E-state index in [0.717, 1.165) is 0 Å². The lowest BCUT2D eigenvalue weighted by atomic mass is 10.0. The third kappa shape index (κ3) is 2.95. The molecule has 3 rings (SSSR count). The maximum Gasteiger partial charge on any atom is 0.132 e. The lowest BCUT2D eigenvalue weighted by molar-refractivity contribution is 0.630. The minimum absolute atomic E-state index is 0.105. The molecular formula is C19H12F2N2. The lowest BCUT2D eigenvalue weighted by Gasteiger charge is -2.10. The second kappa shape index (κ2) is 6.37. The third-order valence-electron chi connectivity index (χ3n) is 3.53. The normalized spacial score (nSPS) is 10.3. The Morgan fingerprint density at radius 3 is 2.04 bits per heavy atom. The summed E-state index contributed by atoms with van der Waals surface area (Å²) in [6, 6.07) is 17.9. The number of rotatable bonds is 3. The number of nitriles is 1. The van der Waals surface area contributed by atoms with Gasteiger partial charge < -0.3 is 0 Å². The van der Waals surface area contributed by atoms with E-state index in [2.05, 4.69) is 4.98 Å². The molecule has 23 heavy (non-hydrogen) atoms. The molecule has 1 heterocycles. The summed E-state index contributed by atoms with van der Waals surface area (Å²) in [4.78, 5) is 4.42. The first-order valence-electron chi connectivity index (χ1n) is 7.07. The summed E-state index contributed by atoms with van der Waals surface area (Å²) < 4.78 is 28.1. The maximum absolute atomic E-state index is 14.1. The van der Waals surface area contributed by atoms with Gasteiger partial charge in [0.1, 0.15) is 11.6 Å². The topological polar surface area (TPSA) is 36.7 Å². The molecule has 2 aromatic carbocycles. The van der Waals surface area contributed by atoms with Crippen molar-refractivity contribution in [3.63, 3.8) is 0 Å². The summed E-state index contributed by atoms with van der Waals surface area (Å²) >= 11 is 0. The first-order valence-corrected chi connectivity index (χ1v) is 7.07. The molecular weight excluding hydrogens is 294 g/mol. The SMILES string of the molecule is N#CCc1ccc(-c2ccccc2F)nc1-c1ccccc1F. The Balaban J connectivity index is 2.21. The van der Waals surface area contributed by atoms with Crippen LogP contribution in [0.1, 0.15) is 5.56 Å². The van der Waals surface area contributed by atoms with Gasteiger partial charge >= 0.3 is 0 Å². The van der Waals surface area contributed by atoms with Crippen LogP contribution in [-0.2, 0) is 6.42 Å². The van der Waals surface area contributed by atoms with Gasteiger partial charge in [0.05, 0.1) is 23.9 Å². The third-order valence-corrected chi connectivity index (χ3v) is 3.53. The van der Waals surface area contributed by atoms with Crippen molar-refractivity contribution < 1.29 is 8.78 Å². The first kappa shape index (κ1) is 14.9. The molecule has 0 spiro atoms. The van der Waals surface area contributed by atoms with Crippen LogP contribution in [0.15, 0.2) is 60.7 Å². The Labute approximate surface area is 132 Å². The average molecular weight is 306 g/mol.